The molecule has 30 heavy (non-hydrogen) atoms. The lowest BCUT2D eigenvalue weighted by Gasteiger charge is -2.30. The molecular formula is C22H32N6O2. The predicted molar refractivity (Wildman–Crippen MR) is 116 cm³/mol. The topological polar surface area (TPSA) is 92.2 Å². The van der Waals surface area contributed by atoms with Crippen molar-refractivity contribution in [2.75, 3.05) is 6.54 Å². The summed E-state index contributed by atoms with van der Waals surface area (Å²) in [6.45, 7) is 13.1. The summed E-state index contributed by atoms with van der Waals surface area (Å²) in [6.07, 6.45) is 0.724. The Labute approximate surface area is 178 Å². The molecule has 2 N–H and O–H groups in total. The summed E-state index contributed by atoms with van der Waals surface area (Å²) < 4.78 is 1.73. The van der Waals surface area contributed by atoms with Crippen molar-refractivity contribution in [3.8, 4) is 5.69 Å². The number of carbonyl (C=O) groups is 2. The molecule has 1 atom stereocenters. The minimum Gasteiger partial charge on any atom is -0.348 e. The van der Waals surface area contributed by atoms with Gasteiger partial charge in [-0.05, 0) is 57.2 Å². The normalized spacial score (nSPS) is 14.6. The Kier molecular flexibility index (Phi) is 6.43. The molecule has 0 saturated carbocycles. The van der Waals surface area contributed by atoms with Crippen molar-refractivity contribution in [2.24, 2.45) is 5.92 Å². The summed E-state index contributed by atoms with van der Waals surface area (Å²) in [6, 6.07) is 6.09. The van der Waals surface area contributed by atoms with Gasteiger partial charge in [-0.1, -0.05) is 31.2 Å². The minimum atomic E-state index is -0.207. The number of urea groups is 1. The van der Waals surface area contributed by atoms with Crippen molar-refractivity contribution >= 4 is 11.9 Å². The van der Waals surface area contributed by atoms with Gasteiger partial charge in [0.05, 0.1) is 11.4 Å². The second kappa shape index (κ2) is 8.85. The van der Waals surface area contributed by atoms with Crippen LogP contribution in [0.1, 0.15) is 61.9 Å². The summed E-state index contributed by atoms with van der Waals surface area (Å²) in [5, 5.41) is 14.4. The largest absolute Gasteiger partial charge is 0.348 e. The van der Waals surface area contributed by atoms with Crippen molar-refractivity contribution in [2.45, 2.75) is 66.6 Å². The summed E-state index contributed by atoms with van der Waals surface area (Å²) in [7, 11) is 0. The van der Waals surface area contributed by atoms with Crippen LogP contribution < -0.4 is 10.6 Å². The van der Waals surface area contributed by atoms with Gasteiger partial charge in [0.2, 0.25) is 0 Å². The van der Waals surface area contributed by atoms with E-state index in [0.717, 1.165) is 23.2 Å². The lowest BCUT2D eigenvalue weighted by molar-refractivity contribution is 0.0924. The molecule has 0 unspecified atom stereocenters. The highest BCUT2D eigenvalue weighted by molar-refractivity contribution is 5.93. The molecule has 0 radical (unpaired) electrons. The highest BCUT2D eigenvalue weighted by atomic mass is 16.2. The van der Waals surface area contributed by atoms with E-state index in [1.54, 1.807) is 4.68 Å². The lowest BCUT2D eigenvalue weighted by atomic mass is 9.97. The molecule has 1 aromatic carbocycles. The number of nitrogens with zero attached hydrogens (tertiary/aromatic N) is 4. The van der Waals surface area contributed by atoms with E-state index in [4.69, 9.17) is 0 Å². The van der Waals surface area contributed by atoms with Gasteiger partial charge in [-0.2, -0.15) is 0 Å². The molecule has 0 aliphatic carbocycles. The number of benzene rings is 1. The smallest absolute Gasteiger partial charge is 0.317 e. The number of nitrogens with one attached hydrogen (secondary N) is 2. The highest BCUT2D eigenvalue weighted by Gasteiger charge is 2.25. The molecule has 0 saturated heterocycles. The van der Waals surface area contributed by atoms with Crippen LogP contribution in [0.25, 0.3) is 5.69 Å². The molecule has 1 aromatic heterocycles. The van der Waals surface area contributed by atoms with Crippen LogP contribution in [0.2, 0.25) is 0 Å². The van der Waals surface area contributed by atoms with E-state index >= 15 is 0 Å². The number of fused-ring (bicyclic) bond motifs is 1. The third-order valence-corrected chi connectivity index (χ3v) is 5.64. The van der Waals surface area contributed by atoms with Gasteiger partial charge in [0.15, 0.2) is 5.69 Å². The first kappa shape index (κ1) is 21.8. The molecule has 3 rings (SSSR count). The Morgan fingerprint density at radius 3 is 2.50 bits per heavy atom. The van der Waals surface area contributed by atoms with Crippen molar-refractivity contribution < 1.29 is 9.59 Å². The Hall–Kier alpha value is -2.90. The van der Waals surface area contributed by atoms with E-state index < -0.39 is 0 Å². The number of hydrogen-bond donors (Lipinski definition) is 2. The van der Waals surface area contributed by atoms with Gasteiger partial charge in [0, 0.05) is 25.2 Å². The zero-order chi connectivity index (χ0) is 22.0. The van der Waals surface area contributed by atoms with E-state index in [1.165, 1.54) is 0 Å². The van der Waals surface area contributed by atoms with E-state index in [1.807, 2.05) is 50.8 Å². The van der Waals surface area contributed by atoms with Crippen molar-refractivity contribution in [1.82, 2.24) is 30.5 Å². The van der Waals surface area contributed by atoms with Gasteiger partial charge >= 0.3 is 6.03 Å². The molecule has 2 aromatic rings. The summed E-state index contributed by atoms with van der Waals surface area (Å²) in [4.78, 5) is 26.9. The average Bonchev–Trinajstić information content (AvgIpc) is 3.07. The maximum atomic E-state index is 12.6. The third-order valence-electron chi connectivity index (χ3n) is 5.64. The summed E-state index contributed by atoms with van der Waals surface area (Å²) in [5.41, 5.74) is 4.19. The first-order chi connectivity index (χ1) is 14.2. The SMILES string of the molecule is Cc1c(C(=O)N[C@H](C)C(C)C)nnn1-c1cccc2c1CCN(C(=O)NC(C)C)C2. The number of carbonyl (C=O) groups excluding carboxylic acids is 2. The quantitative estimate of drug-likeness (QED) is 0.790. The molecule has 3 amide bonds. The highest BCUT2D eigenvalue weighted by Crippen LogP contribution is 2.26. The molecular weight excluding hydrogens is 380 g/mol. The minimum absolute atomic E-state index is 0.0452. The van der Waals surface area contributed by atoms with Gasteiger partial charge in [0.1, 0.15) is 0 Å². The van der Waals surface area contributed by atoms with Crippen molar-refractivity contribution in [1.29, 1.82) is 0 Å². The Morgan fingerprint density at radius 2 is 1.83 bits per heavy atom. The van der Waals surface area contributed by atoms with E-state index in [9.17, 15) is 9.59 Å². The van der Waals surface area contributed by atoms with Crippen LogP contribution >= 0.6 is 0 Å². The summed E-state index contributed by atoms with van der Waals surface area (Å²) in [5.74, 6) is 0.127. The van der Waals surface area contributed by atoms with Crippen LogP contribution in [-0.2, 0) is 13.0 Å². The Bertz CT molecular complexity index is 934. The van der Waals surface area contributed by atoms with E-state index in [-0.39, 0.29) is 24.0 Å². The molecule has 0 bridgehead atoms. The van der Waals surface area contributed by atoms with E-state index in [2.05, 4.69) is 34.8 Å². The van der Waals surface area contributed by atoms with Gasteiger partial charge in [0.25, 0.3) is 5.91 Å². The van der Waals surface area contributed by atoms with Gasteiger partial charge in [-0.3, -0.25) is 4.79 Å². The average molecular weight is 413 g/mol. The molecule has 0 spiro atoms. The third kappa shape index (κ3) is 4.47. The Balaban J connectivity index is 1.85. The molecule has 0 fully saturated rings. The first-order valence-corrected chi connectivity index (χ1v) is 10.6. The molecule has 8 heteroatoms. The van der Waals surface area contributed by atoms with Gasteiger partial charge in [-0.25, -0.2) is 9.48 Å². The second-order valence-electron chi connectivity index (χ2n) is 8.63. The lowest BCUT2D eigenvalue weighted by Crippen LogP contribution is -2.45. The monoisotopic (exact) mass is 412 g/mol. The second-order valence-corrected chi connectivity index (χ2v) is 8.63. The molecule has 8 nitrogen and oxygen atoms in total. The number of amides is 3. The van der Waals surface area contributed by atoms with Gasteiger partial charge in [-0.15, -0.1) is 5.10 Å². The molecule has 1 aliphatic rings. The zero-order valence-electron chi connectivity index (χ0n) is 18.7. The van der Waals surface area contributed by atoms with Crippen LogP contribution in [0.3, 0.4) is 0 Å². The maximum Gasteiger partial charge on any atom is 0.317 e. The Morgan fingerprint density at radius 1 is 1.10 bits per heavy atom. The predicted octanol–water partition coefficient (Wildman–Crippen LogP) is 2.83. The van der Waals surface area contributed by atoms with Crippen LogP contribution in [0.5, 0.6) is 0 Å². The van der Waals surface area contributed by atoms with Crippen molar-refractivity contribution in [3.63, 3.8) is 0 Å². The fourth-order valence-electron chi connectivity index (χ4n) is 3.51. The summed E-state index contributed by atoms with van der Waals surface area (Å²) >= 11 is 0. The maximum absolute atomic E-state index is 12.6. The van der Waals surface area contributed by atoms with Crippen LogP contribution in [0.15, 0.2) is 18.2 Å². The number of rotatable bonds is 5. The fraction of sp³-hybridized carbons (Fsp3) is 0.545. The molecule has 162 valence electrons. The zero-order valence-corrected chi connectivity index (χ0v) is 18.7. The molecule has 2 heterocycles. The van der Waals surface area contributed by atoms with Crippen LogP contribution in [0.4, 0.5) is 4.79 Å². The van der Waals surface area contributed by atoms with Crippen molar-refractivity contribution in [3.05, 3.63) is 40.7 Å². The van der Waals surface area contributed by atoms with Gasteiger partial charge < -0.3 is 15.5 Å². The number of hydrogen-bond acceptors (Lipinski definition) is 4. The van der Waals surface area contributed by atoms with E-state index in [0.29, 0.717) is 30.4 Å². The first-order valence-electron chi connectivity index (χ1n) is 10.6. The number of aromatic nitrogens is 3. The fourth-order valence-corrected chi connectivity index (χ4v) is 3.51. The van der Waals surface area contributed by atoms with Crippen LogP contribution in [-0.4, -0.2) is 50.5 Å². The van der Waals surface area contributed by atoms with Crippen LogP contribution in [0, 0.1) is 12.8 Å². The standard InChI is InChI=1S/C22H32N6O2/c1-13(2)15(5)24-21(29)20-16(6)28(26-25-20)19-9-7-8-17-12-27(11-10-18(17)19)22(30)23-14(3)4/h7-9,13-15H,10-12H2,1-6H3,(H,23,30)(H,24,29)/t15-/m1/s1. The molecule has 1 aliphatic heterocycles.